The molecule has 2 saturated heterocycles. The predicted octanol–water partition coefficient (Wildman–Crippen LogP) is 3.90. The van der Waals surface area contributed by atoms with E-state index in [2.05, 4.69) is 0 Å². The first-order valence-electron chi connectivity index (χ1n) is 11.7. The molecule has 188 valence electrons. The van der Waals surface area contributed by atoms with Crippen LogP contribution in [0.2, 0.25) is 0 Å². The molecule has 6 rings (SSSR count). The van der Waals surface area contributed by atoms with E-state index >= 15 is 0 Å². The van der Waals surface area contributed by atoms with E-state index in [0.29, 0.717) is 0 Å². The number of nitro groups is 2. The van der Waals surface area contributed by atoms with Crippen molar-refractivity contribution in [1.29, 1.82) is 0 Å². The van der Waals surface area contributed by atoms with Crippen molar-refractivity contribution < 1.29 is 24.2 Å². The van der Waals surface area contributed by atoms with Crippen LogP contribution in [0.4, 0.5) is 17.1 Å². The summed E-state index contributed by atoms with van der Waals surface area (Å²) in [4.78, 5) is 65.7. The minimum absolute atomic E-state index is 0.0462. The van der Waals surface area contributed by atoms with Crippen LogP contribution in [0.5, 0.6) is 0 Å². The smallest absolute Gasteiger partial charge is 0.271 e. The van der Waals surface area contributed by atoms with Crippen LogP contribution >= 0.6 is 0 Å². The van der Waals surface area contributed by atoms with Crippen LogP contribution in [0.15, 0.2) is 79.0 Å². The number of hydrogen-bond donors (Lipinski definition) is 0. The molecule has 2 fully saturated rings. The predicted molar refractivity (Wildman–Crippen MR) is 134 cm³/mol. The number of non-ortho nitro benzene ring substituents is 2. The summed E-state index contributed by atoms with van der Waals surface area (Å²) in [6, 6.07) is 16.1. The van der Waals surface area contributed by atoms with E-state index in [1.54, 1.807) is 23.2 Å². The summed E-state index contributed by atoms with van der Waals surface area (Å²) >= 11 is 0. The van der Waals surface area contributed by atoms with Crippen LogP contribution < -0.4 is 4.90 Å². The van der Waals surface area contributed by atoms with Gasteiger partial charge in [0.15, 0.2) is 5.78 Å². The second kappa shape index (κ2) is 8.44. The average molecular weight is 510 g/mol. The SMILES string of the molecule is O=C(c1cccc([N+](=O)[O-])c1)[C@H]1[C@H]2C(=O)N(c3cccc([N+](=O)[O-])c3)C(=O)[C@@H]2[C@H]2c3ccccc3C=CN21. The molecule has 0 aliphatic carbocycles. The molecule has 11 nitrogen and oxygen atoms in total. The first-order chi connectivity index (χ1) is 18.3. The molecule has 0 bridgehead atoms. The highest BCUT2D eigenvalue weighted by molar-refractivity contribution is 6.24. The summed E-state index contributed by atoms with van der Waals surface area (Å²) in [7, 11) is 0. The zero-order chi connectivity index (χ0) is 26.7. The van der Waals surface area contributed by atoms with Crippen LogP contribution in [0.25, 0.3) is 6.08 Å². The Hall–Kier alpha value is -5.19. The van der Waals surface area contributed by atoms with Gasteiger partial charge in [0.1, 0.15) is 6.04 Å². The summed E-state index contributed by atoms with van der Waals surface area (Å²) in [6.45, 7) is 0. The minimum atomic E-state index is -1.11. The number of Topliss-reactive ketones (excluding diaryl/α,β-unsaturated/α-hetero) is 1. The van der Waals surface area contributed by atoms with Crippen molar-refractivity contribution >= 4 is 40.7 Å². The maximum absolute atomic E-state index is 13.9. The van der Waals surface area contributed by atoms with Crippen molar-refractivity contribution in [3.8, 4) is 0 Å². The summed E-state index contributed by atoms with van der Waals surface area (Å²) in [6.07, 6.45) is 3.48. The van der Waals surface area contributed by atoms with Gasteiger partial charge in [0.25, 0.3) is 11.4 Å². The second-order valence-corrected chi connectivity index (χ2v) is 9.29. The highest BCUT2D eigenvalue weighted by atomic mass is 16.6. The van der Waals surface area contributed by atoms with E-state index in [0.717, 1.165) is 28.2 Å². The Morgan fingerprint density at radius 1 is 0.789 bits per heavy atom. The molecule has 0 unspecified atom stereocenters. The Kier molecular flexibility index (Phi) is 5.16. The number of ketones is 1. The van der Waals surface area contributed by atoms with Crippen molar-refractivity contribution in [1.82, 2.24) is 4.90 Å². The number of rotatable bonds is 5. The molecule has 0 saturated carbocycles. The first kappa shape index (κ1) is 23.2. The Balaban J connectivity index is 1.49. The molecule has 3 heterocycles. The summed E-state index contributed by atoms with van der Waals surface area (Å²) in [5.74, 6) is -3.79. The third-order valence-corrected chi connectivity index (χ3v) is 7.37. The fourth-order valence-electron chi connectivity index (χ4n) is 5.80. The molecule has 0 aromatic heterocycles. The zero-order valence-electron chi connectivity index (χ0n) is 19.5. The van der Waals surface area contributed by atoms with Crippen LogP contribution in [0.1, 0.15) is 27.5 Å². The number of imide groups is 1. The van der Waals surface area contributed by atoms with Gasteiger partial charge in [-0.25, -0.2) is 4.90 Å². The second-order valence-electron chi connectivity index (χ2n) is 9.29. The third-order valence-electron chi connectivity index (χ3n) is 7.37. The van der Waals surface area contributed by atoms with Crippen molar-refractivity contribution in [2.45, 2.75) is 12.1 Å². The van der Waals surface area contributed by atoms with E-state index in [9.17, 15) is 34.6 Å². The van der Waals surface area contributed by atoms with Gasteiger partial charge in [0, 0.05) is 36.0 Å². The van der Waals surface area contributed by atoms with Crippen LogP contribution in [0, 0.1) is 32.1 Å². The molecule has 2 amide bonds. The molecule has 0 spiro atoms. The third kappa shape index (κ3) is 3.32. The van der Waals surface area contributed by atoms with Crippen LogP contribution in [-0.2, 0) is 9.59 Å². The van der Waals surface area contributed by atoms with Crippen molar-refractivity contribution in [2.75, 3.05) is 4.90 Å². The van der Waals surface area contributed by atoms with E-state index in [1.165, 1.54) is 36.4 Å². The Labute approximate surface area is 214 Å². The van der Waals surface area contributed by atoms with Crippen molar-refractivity contribution in [2.24, 2.45) is 11.8 Å². The molecular formula is C27H18N4O7. The Morgan fingerprint density at radius 2 is 1.45 bits per heavy atom. The summed E-state index contributed by atoms with van der Waals surface area (Å²) in [5, 5.41) is 22.7. The van der Waals surface area contributed by atoms with E-state index in [-0.39, 0.29) is 22.6 Å². The number of carbonyl (C=O) groups is 3. The fourth-order valence-corrected chi connectivity index (χ4v) is 5.80. The number of carbonyl (C=O) groups excluding carboxylic acids is 3. The maximum Gasteiger partial charge on any atom is 0.271 e. The minimum Gasteiger partial charge on any atom is -0.358 e. The molecule has 4 atom stereocenters. The van der Waals surface area contributed by atoms with Gasteiger partial charge in [-0.3, -0.25) is 34.6 Å². The molecule has 3 aliphatic rings. The fraction of sp³-hybridized carbons (Fsp3) is 0.148. The molecular weight excluding hydrogens is 492 g/mol. The monoisotopic (exact) mass is 510 g/mol. The van der Waals surface area contributed by atoms with Crippen molar-refractivity contribution in [3.63, 3.8) is 0 Å². The van der Waals surface area contributed by atoms with Gasteiger partial charge in [-0.15, -0.1) is 0 Å². The Bertz CT molecular complexity index is 1600. The molecule has 0 N–H and O–H groups in total. The topological polar surface area (TPSA) is 144 Å². The van der Waals surface area contributed by atoms with Gasteiger partial charge in [-0.1, -0.05) is 42.5 Å². The van der Waals surface area contributed by atoms with Gasteiger partial charge >= 0.3 is 0 Å². The van der Waals surface area contributed by atoms with Gasteiger partial charge in [0.2, 0.25) is 11.8 Å². The number of amides is 2. The van der Waals surface area contributed by atoms with Gasteiger partial charge < -0.3 is 4.90 Å². The Morgan fingerprint density at radius 3 is 2.18 bits per heavy atom. The van der Waals surface area contributed by atoms with Gasteiger partial charge in [-0.2, -0.15) is 0 Å². The summed E-state index contributed by atoms with van der Waals surface area (Å²) in [5.41, 5.74) is 1.15. The molecule has 38 heavy (non-hydrogen) atoms. The normalized spacial score (nSPS) is 23.2. The lowest BCUT2D eigenvalue weighted by molar-refractivity contribution is -0.385. The summed E-state index contributed by atoms with van der Waals surface area (Å²) < 4.78 is 0. The highest BCUT2D eigenvalue weighted by Crippen LogP contribution is 2.53. The lowest BCUT2D eigenvalue weighted by Gasteiger charge is -2.35. The standard InChI is InChI=1S/C27H18N4O7/c32-25(16-6-3-8-18(13-16)30(35)36)24-22-21(23-20-10-2-1-5-15(20)11-12-28(23)24)26(33)29(27(22)34)17-7-4-9-19(14-17)31(37)38/h1-14,21-24H/t21-,22-,23+,24+/m0/s1. The largest absolute Gasteiger partial charge is 0.358 e. The van der Waals surface area contributed by atoms with Gasteiger partial charge in [-0.05, 0) is 23.3 Å². The van der Waals surface area contributed by atoms with E-state index in [1.807, 2.05) is 18.2 Å². The quantitative estimate of drug-likeness (QED) is 0.218. The zero-order valence-corrected chi connectivity index (χ0v) is 19.5. The van der Waals surface area contributed by atoms with Crippen LogP contribution in [-0.4, -0.2) is 38.4 Å². The van der Waals surface area contributed by atoms with E-state index < -0.39 is 51.4 Å². The number of nitro benzene ring substituents is 2. The molecule has 0 radical (unpaired) electrons. The molecule has 3 aromatic rings. The van der Waals surface area contributed by atoms with Gasteiger partial charge in [0.05, 0.1) is 33.4 Å². The van der Waals surface area contributed by atoms with E-state index in [4.69, 9.17) is 0 Å². The number of anilines is 1. The molecule has 3 aliphatic heterocycles. The van der Waals surface area contributed by atoms with Crippen molar-refractivity contribution in [3.05, 3.63) is 116 Å². The number of nitrogens with zero attached hydrogens (tertiary/aromatic N) is 4. The average Bonchev–Trinajstić information content (AvgIpc) is 3.40. The molecule has 3 aromatic carbocycles. The lowest BCUT2D eigenvalue weighted by Crippen LogP contribution is -2.44. The maximum atomic E-state index is 13.9. The number of benzene rings is 3. The van der Waals surface area contributed by atoms with Crippen LogP contribution in [0.3, 0.4) is 0 Å². The molecule has 11 heteroatoms. The number of fused-ring (bicyclic) bond motifs is 5. The lowest BCUT2D eigenvalue weighted by atomic mass is 9.83. The highest BCUT2D eigenvalue weighted by Gasteiger charge is 2.64. The first-order valence-corrected chi connectivity index (χ1v) is 11.7. The number of hydrogen-bond acceptors (Lipinski definition) is 8.